The van der Waals surface area contributed by atoms with Gasteiger partial charge in [-0.15, -0.1) is 0 Å². The maximum absolute atomic E-state index is 14.4. The van der Waals surface area contributed by atoms with Gasteiger partial charge in [-0.25, -0.2) is 13.8 Å². The maximum atomic E-state index is 14.4. The molecular weight excluding hydrogens is 358 g/mol. The third-order valence-electron chi connectivity index (χ3n) is 4.46. The van der Waals surface area contributed by atoms with Gasteiger partial charge in [0.05, 0.1) is 11.3 Å². The molecule has 1 amide bonds. The van der Waals surface area contributed by atoms with Crippen molar-refractivity contribution in [2.75, 3.05) is 4.90 Å². The van der Waals surface area contributed by atoms with E-state index in [4.69, 9.17) is 0 Å². The summed E-state index contributed by atoms with van der Waals surface area (Å²) in [6, 6.07) is 19.5. The van der Waals surface area contributed by atoms with Gasteiger partial charge in [-0.1, -0.05) is 48.0 Å². The second-order valence-electron chi connectivity index (χ2n) is 6.44. The Balaban J connectivity index is 1.87. The minimum Gasteiger partial charge on any atom is -0.266 e. The number of amides is 1. The van der Waals surface area contributed by atoms with E-state index in [-0.39, 0.29) is 22.7 Å². The van der Waals surface area contributed by atoms with Crippen molar-refractivity contribution in [3.8, 4) is 0 Å². The largest absolute Gasteiger partial charge is 0.282 e. The summed E-state index contributed by atoms with van der Waals surface area (Å²) in [6.07, 6.45) is 1.38. The molecule has 1 aliphatic rings. The standard InChI is InChI=1S/C23H16F2N2O/c1-15-10-12-17(13-11-15)27-22(18-7-3-5-9-20(18)25)26-21(23(27)28)14-16-6-2-4-8-19(16)24/h2-14H,1H3/b21-14+. The number of nitrogens with zero attached hydrogens (tertiary/aromatic N) is 2. The quantitative estimate of drug-likeness (QED) is 0.587. The van der Waals surface area contributed by atoms with Crippen molar-refractivity contribution in [3.63, 3.8) is 0 Å². The molecule has 0 saturated carbocycles. The summed E-state index contributed by atoms with van der Waals surface area (Å²) in [5.41, 5.74) is 2.09. The van der Waals surface area contributed by atoms with E-state index >= 15 is 0 Å². The van der Waals surface area contributed by atoms with Crippen LogP contribution in [0.4, 0.5) is 14.5 Å². The van der Waals surface area contributed by atoms with Gasteiger partial charge in [0.2, 0.25) is 0 Å². The van der Waals surface area contributed by atoms with E-state index < -0.39 is 17.5 Å². The number of aryl methyl sites for hydroxylation is 1. The summed E-state index contributed by atoms with van der Waals surface area (Å²) in [6.45, 7) is 1.94. The third kappa shape index (κ3) is 3.22. The van der Waals surface area contributed by atoms with Gasteiger partial charge in [0, 0.05) is 5.56 Å². The van der Waals surface area contributed by atoms with E-state index in [0.29, 0.717) is 5.69 Å². The first kappa shape index (κ1) is 17.8. The Morgan fingerprint density at radius 2 is 1.50 bits per heavy atom. The number of benzene rings is 3. The zero-order chi connectivity index (χ0) is 19.7. The molecule has 0 aliphatic carbocycles. The molecule has 0 radical (unpaired) electrons. The molecule has 0 fully saturated rings. The SMILES string of the molecule is Cc1ccc(N2C(=O)/C(=C\c3ccccc3F)N=C2c2ccccc2F)cc1. The van der Waals surface area contributed by atoms with Gasteiger partial charge >= 0.3 is 0 Å². The number of hydrogen-bond donors (Lipinski definition) is 0. The van der Waals surface area contributed by atoms with Crippen LogP contribution in [-0.2, 0) is 4.79 Å². The number of rotatable bonds is 3. The molecule has 3 nitrogen and oxygen atoms in total. The lowest BCUT2D eigenvalue weighted by Gasteiger charge is -2.19. The van der Waals surface area contributed by atoms with Crippen LogP contribution >= 0.6 is 0 Å². The number of hydrogen-bond acceptors (Lipinski definition) is 2. The van der Waals surface area contributed by atoms with E-state index in [9.17, 15) is 13.6 Å². The highest BCUT2D eigenvalue weighted by Gasteiger charge is 2.33. The first-order valence-corrected chi connectivity index (χ1v) is 8.75. The van der Waals surface area contributed by atoms with Crippen molar-refractivity contribution in [1.82, 2.24) is 0 Å². The average Bonchev–Trinajstić information content (AvgIpc) is 3.01. The predicted octanol–water partition coefficient (Wildman–Crippen LogP) is 5.11. The monoisotopic (exact) mass is 374 g/mol. The molecule has 0 unspecified atom stereocenters. The maximum Gasteiger partial charge on any atom is 0.282 e. The number of amidine groups is 1. The van der Waals surface area contributed by atoms with Crippen molar-refractivity contribution in [2.45, 2.75) is 6.92 Å². The van der Waals surface area contributed by atoms with Crippen LogP contribution in [0.25, 0.3) is 6.08 Å². The van der Waals surface area contributed by atoms with E-state index in [1.54, 1.807) is 48.5 Å². The number of halogens is 2. The van der Waals surface area contributed by atoms with E-state index in [1.807, 2.05) is 19.1 Å². The van der Waals surface area contributed by atoms with Gasteiger partial charge in [0.25, 0.3) is 5.91 Å². The summed E-state index contributed by atoms with van der Waals surface area (Å²) in [5, 5.41) is 0. The Hall–Kier alpha value is -3.60. The second-order valence-corrected chi connectivity index (χ2v) is 6.44. The number of carbonyl (C=O) groups excluding carboxylic acids is 1. The number of aliphatic imine (C=N–C) groups is 1. The second kappa shape index (κ2) is 7.19. The molecule has 0 bridgehead atoms. The molecule has 0 aromatic heterocycles. The fourth-order valence-corrected chi connectivity index (χ4v) is 3.01. The van der Waals surface area contributed by atoms with Crippen molar-refractivity contribution < 1.29 is 13.6 Å². The zero-order valence-electron chi connectivity index (χ0n) is 15.1. The normalized spacial score (nSPS) is 15.2. The fourth-order valence-electron chi connectivity index (χ4n) is 3.01. The summed E-state index contributed by atoms with van der Waals surface area (Å²) in [4.78, 5) is 18.8. The van der Waals surface area contributed by atoms with Gasteiger partial charge in [0.1, 0.15) is 17.3 Å². The van der Waals surface area contributed by atoms with Gasteiger partial charge in [-0.2, -0.15) is 0 Å². The fraction of sp³-hybridized carbons (Fsp3) is 0.0435. The number of anilines is 1. The Morgan fingerprint density at radius 1 is 0.857 bits per heavy atom. The van der Waals surface area contributed by atoms with Crippen molar-refractivity contribution in [1.29, 1.82) is 0 Å². The van der Waals surface area contributed by atoms with E-state index in [2.05, 4.69) is 4.99 Å². The molecular formula is C23H16F2N2O. The van der Waals surface area contributed by atoms with E-state index in [1.165, 1.54) is 23.1 Å². The molecule has 1 aliphatic heterocycles. The van der Waals surface area contributed by atoms with Gasteiger partial charge < -0.3 is 0 Å². The molecule has 138 valence electrons. The Morgan fingerprint density at radius 3 is 2.18 bits per heavy atom. The minimum absolute atomic E-state index is 0.0453. The van der Waals surface area contributed by atoms with E-state index in [0.717, 1.165) is 5.56 Å². The Kier molecular flexibility index (Phi) is 4.57. The van der Waals surface area contributed by atoms with Crippen LogP contribution < -0.4 is 4.90 Å². The summed E-state index contributed by atoms with van der Waals surface area (Å²) in [7, 11) is 0. The van der Waals surface area contributed by atoms with Crippen LogP contribution in [-0.4, -0.2) is 11.7 Å². The third-order valence-corrected chi connectivity index (χ3v) is 4.46. The van der Waals surface area contributed by atoms with Crippen molar-refractivity contribution in [2.24, 2.45) is 4.99 Å². The minimum atomic E-state index is -0.488. The average molecular weight is 374 g/mol. The summed E-state index contributed by atoms with van der Waals surface area (Å²) < 4.78 is 28.5. The first-order valence-electron chi connectivity index (χ1n) is 8.75. The van der Waals surface area contributed by atoms with Gasteiger partial charge in [-0.05, 0) is 43.3 Å². The molecule has 0 atom stereocenters. The summed E-state index contributed by atoms with van der Waals surface area (Å²) >= 11 is 0. The lowest BCUT2D eigenvalue weighted by molar-refractivity contribution is -0.113. The predicted molar refractivity (Wildman–Crippen MR) is 106 cm³/mol. The molecule has 0 spiro atoms. The smallest absolute Gasteiger partial charge is 0.266 e. The van der Waals surface area contributed by atoms with Gasteiger partial charge in [0.15, 0.2) is 5.84 Å². The topological polar surface area (TPSA) is 32.7 Å². The molecule has 0 saturated heterocycles. The lowest BCUT2D eigenvalue weighted by Crippen LogP contribution is -2.33. The summed E-state index contributed by atoms with van der Waals surface area (Å²) in [5.74, 6) is -1.21. The molecule has 5 heteroatoms. The molecule has 28 heavy (non-hydrogen) atoms. The highest BCUT2D eigenvalue weighted by atomic mass is 19.1. The van der Waals surface area contributed by atoms with Crippen LogP contribution in [0, 0.1) is 18.6 Å². The van der Waals surface area contributed by atoms with Crippen LogP contribution in [0.2, 0.25) is 0 Å². The van der Waals surface area contributed by atoms with Crippen LogP contribution in [0.3, 0.4) is 0 Å². The van der Waals surface area contributed by atoms with Crippen LogP contribution in [0.1, 0.15) is 16.7 Å². The molecule has 0 N–H and O–H groups in total. The Labute approximate surface area is 161 Å². The van der Waals surface area contributed by atoms with Crippen LogP contribution in [0.15, 0.2) is 83.5 Å². The first-order chi connectivity index (χ1) is 13.5. The lowest BCUT2D eigenvalue weighted by atomic mass is 10.1. The Bertz CT molecular complexity index is 1120. The number of carbonyl (C=O) groups is 1. The zero-order valence-corrected chi connectivity index (χ0v) is 15.1. The molecule has 3 aromatic carbocycles. The highest BCUT2D eigenvalue weighted by molar-refractivity contribution is 6.33. The van der Waals surface area contributed by atoms with Crippen molar-refractivity contribution >= 4 is 23.5 Å². The molecule has 3 aromatic rings. The highest BCUT2D eigenvalue weighted by Crippen LogP contribution is 2.29. The van der Waals surface area contributed by atoms with Gasteiger partial charge in [-0.3, -0.25) is 9.69 Å². The molecule has 4 rings (SSSR count). The molecule has 1 heterocycles. The van der Waals surface area contributed by atoms with Crippen molar-refractivity contribution in [3.05, 3.63) is 107 Å². The van der Waals surface area contributed by atoms with Crippen LogP contribution in [0.5, 0.6) is 0 Å².